The summed E-state index contributed by atoms with van der Waals surface area (Å²) in [4.78, 5) is 20.4. The molecule has 0 atom stereocenters. The van der Waals surface area contributed by atoms with Crippen LogP contribution in [0.1, 0.15) is 38.7 Å². The van der Waals surface area contributed by atoms with Crippen LogP contribution in [0.2, 0.25) is 0 Å². The van der Waals surface area contributed by atoms with E-state index in [1.165, 1.54) is 5.56 Å². The third-order valence-electron chi connectivity index (χ3n) is 4.37. The number of halogens is 1. The van der Waals surface area contributed by atoms with E-state index in [0.717, 1.165) is 57.3 Å². The van der Waals surface area contributed by atoms with E-state index in [9.17, 15) is 4.79 Å². The summed E-state index contributed by atoms with van der Waals surface area (Å²) >= 11 is 0. The van der Waals surface area contributed by atoms with Crippen molar-refractivity contribution in [3.63, 3.8) is 0 Å². The number of amides is 1. The lowest BCUT2D eigenvalue weighted by Gasteiger charge is -2.22. The van der Waals surface area contributed by atoms with Gasteiger partial charge >= 0.3 is 0 Å². The predicted octanol–water partition coefficient (Wildman–Crippen LogP) is 3.11. The first-order valence-electron chi connectivity index (χ1n) is 9.63. The fourth-order valence-corrected chi connectivity index (χ4v) is 3.06. The summed E-state index contributed by atoms with van der Waals surface area (Å²) in [5, 5.41) is 3.34. The van der Waals surface area contributed by atoms with E-state index in [0.29, 0.717) is 13.0 Å². The number of likely N-dealkylation sites (tertiary alicyclic amines) is 1. The fourth-order valence-electron chi connectivity index (χ4n) is 3.06. The van der Waals surface area contributed by atoms with Crippen LogP contribution in [0, 0.1) is 0 Å². The van der Waals surface area contributed by atoms with Gasteiger partial charge in [0.1, 0.15) is 5.75 Å². The highest BCUT2D eigenvalue weighted by Crippen LogP contribution is 2.13. The van der Waals surface area contributed by atoms with Crippen LogP contribution in [0.15, 0.2) is 29.3 Å². The minimum atomic E-state index is 0. The van der Waals surface area contributed by atoms with Gasteiger partial charge in [-0.05, 0) is 44.4 Å². The van der Waals surface area contributed by atoms with E-state index in [4.69, 9.17) is 9.73 Å². The SMILES string of the molecule is CCNC(=NCCCN1CCCC1=O)N(C)Cc1ccc(OCC)cc1.I. The molecule has 0 saturated carbocycles. The Morgan fingerprint density at radius 3 is 2.63 bits per heavy atom. The van der Waals surface area contributed by atoms with Crippen LogP contribution in [0.5, 0.6) is 5.75 Å². The van der Waals surface area contributed by atoms with Crippen LogP contribution >= 0.6 is 24.0 Å². The van der Waals surface area contributed by atoms with Crippen molar-refractivity contribution in [2.24, 2.45) is 4.99 Å². The Morgan fingerprint density at radius 1 is 1.30 bits per heavy atom. The topological polar surface area (TPSA) is 57.2 Å². The number of ether oxygens (including phenoxy) is 1. The minimum absolute atomic E-state index is 0. The number of hydrogen-bond donors (Lipinski definition) is 1. The van der Waals surface area contributed by atoms with E-state index in [2.05, 4.69) is 29.3 Å². The van der Waals surface area contributed by atoms with E-state index in [1.54, 1.807) is 0 Å². The van der Waals surface area contributed by atoms with E-state index >= 15 is 0 Å². The average molecular weight is 488 g/mol. The number of rotatable bonds is 9. The molecule has 0 unspecified atom stereocenters. The maximum absolute atomic E-state index is 11.6. The molecule has 27 heavy (non-hydrogen) atoms. The van der Waals surface area contributed by atoms with Gasteiger partial charge in [0.05, 0.1) is 6.61 Å². The van der Waals surface area contributed by atoms with Gasteiger partial charge in [-0.1, -0.05) is 12.1 Å². The van der Waals surface area contributed by atoms with Crippen LogP contribution in [0.3, 0.4) is 0 Å². The first kappa shape index (κ1) is 23.5. The monoisotopic (exact) mass is 488 g/mol. The molecule has 0 spiro atoms. The second-order valence-corrected chi connectivity index (χ2v) is 6.51. The van der Waals surface area contributed by atoms with Gasteiger partial charge in [-0.15, -0.1) is 24.0 Å². The molecule has 1 amide bonds. The molecular formula is C20H33IN4O2. The van der Waals surface area contributed by atoms with Gasteiger partial charge in [-0.2, -0.15) is 0 Å². The summed E-state index contributed by atoms with van der Waals surface area (Å²) < 4.78 is 5.49. The predicted molar refractivity (Wildman–Crippen MR) is 121 cm³/mol. The first-order chi connectivity index (χ1) is 12.6. The molecule has 7 heteroatoms. The van der Waals surface area contributed by atoms with Crippen molar-refractivity contribution in [1.82, 2.24) is 15.1 Å². The Bertz CT molecular complexity index is 592. The highest BCUT2D eigenvalue weighted by atomic mass is 127. The van der Waals surface area contributed by atoms with Crippen molar-refractivity contribution >= 4 is 35.8 Å². The Labute approximate surface area is 180 Å². The summed E-state index contributed by atoms with van der Waals surface area (Å²) in [6.07, 6.45) is 2.60. The number of aliphatic imine (C=N–C) groups is 1. The van der Waals surface area contributed by atoms with E-state index in [-0.39, 0.29) is 29.9 Å². The van der Waals surface area contributed by atoms with Crippen LogP contribution in [-0.2, 0) is 11.3 Å². The zero-order chi connectivity index (χ0) is 18.8. The van der Waals surface area contributed by atoms with Gasteiger partial charge < -0.3 is 19.9 Å². The zero-order valence-corrected chi connectivity index (χ0v) is 19.1. The van der Waals surface area contributed by atoms with E-state index < -0.39 is 0 Å². The Balaban J connectivity index is 0.00000364. The van der Waals surface area contributed by atoms with Crippen molar-refractivity contribution in [2.45, 2.75) is 39.7 Å². The Hall–Kier alpha value is -1.51. The van der Waals surface area contributed by atoms with Crippen molar-refractivity contribution < 1.29 is 9.53 Å². The van der Waals surface area contributed by atoms with Crippen molar-refractivity contribution in [3.8, 4) is 5.75 Å². The molecule has 1 fully saturated rings. The molecule has 1 aliphatic heterocycles. The molecule has 0 bridgehead atoms. The van der Waals surface area contributed by atoms with Crippen molar-refractivity contribution in [3.05, 3.63) is 29.8 Å². The molecule has 0 aliphatic carbocycles. The second-order valence-electron chi connectivity index (χ2n) is 6.51. The second kappa shape index (κ2) is 12.8. The molecule has 1 aromatic carbocycles. The third-order valence-corrected chi connectivity index (χ3v) is 4.37. The Kier molecular flexibility index (Phi) is 11.2. The molecule has 152 valence electrons. The van der Waals surface area contributed by atoms with Crippen LogP contribution in [-0.4, -0.2) is 61.5 Å². The molecule has 1 aliphatic rings. The summed E-state index contributed by atoms with van der Waals surface area (Å²) in [6, 6.07) is 8.18. The molecular weight excluding hydrogens is 455 g/mol. The summed E-state index contributed by atoms with van der Waals surface area (Å²) in [5.41, 5.74) is 1.21. The largest absolute Gasteiger partial charge is 0.494 e. The van der Waals surface area contributed by atoms with Crippen LogP contribution in [0.4, 0.5) is 0 Å². The van der Waals surface area contributed by atoms with Crippen LogP contribution in [0.25, 0.3) is 0 Å². The molecule has 1 saturated heterocycles. The van der Waals surface area contributed by atoms with Gasteiger partial charge in [0.25, 0.3) is 0 Å². The van der Waals surface area contributed by atoms with Crippen molar-refractivity contribution in [1.29, 1.82) is 0 Å². The average Bonchev–Trinajstić information content (AvgIpc) is 3.04. The lowest BCUT2D eigenvalue weighted by Crippen LogP contribution is -2.38. The van der Waals surface area contributed by atoms with Crippen LogP contribution < -0.4 is 10.1 Å². The number of nitrogens with zero attached hydrogens (tertiary/aromatic N) is 3. The highest BCUT2D eigenvalue weighted by Gasteiger charge is 2.18. The lowest BCUT2D eigenvalue weighted by atomic mass is 10.2. The van der Waals surface area contributed by atoms with Gasteiger partial charge in [0, 0.05) is 46.2 Å². The zero-order valence-electron chi connectivity index (χ0n) is 16.7. The van der Waals surface area contributed by atoms with Gasteiger partial charge in [-0.3, -0.25) is 9.79 Å². The maximum Gasteiger partial charge on any atom is 0.222 e. The number of guanidine groups is 1. The normalized spacial score (nSPS) is 14.1. The number of carbonyl (C=O) groups is 1. The van der Waals surface area contributed by atoms with E-state index in [1.807, 2.05) is 31.0 Å². The minimum Gasteiger partial charge on any atom is -0.494 e. The standard InChI is InChI=1S/C20H32N4O2.HI/c1-4-21-20(22-13-7-15-24-14-6-8-19(24)25)23(3)16-17-9-11-18(12-10-17)26-5-2;/h9-12H,4-8,13-16H2,1-3H3,(H,21,22);1H. The summed E-state index contributed by atoms with van der Waals surface area (Å²) in [6.45, 7) is 8.79. The molecule has 0 aromatic heterocycles. The first-order valence-corrected chi connectivity index (χ1v) is 9.63. The quantitative estimate of drug-likeness (QED) is 0.251. The number of carbonyl (C=O) groups excluding carboxylic acids is 1. The molecule has 1 aromatic rings. The molecule has 1 heterocycles. The molecule has 2 rings (SSSR count). The third kappa shape index (κ3) is 7.94. The Morgan fingerprint density at radius 2 is 2.04 bits per heavy atom. The smallest absolute Gasteiger partial charge is 0.222 e. The maximum atomic E-state index is 11.6. The van der Waals surface area contributed by atoms with Gasteiger partial charge in [0.2, 0.25) is 5.91 Å². The number of hydrogen-bond acceptors (Lipinski definition) is 3. The molecule has 6 nitrogen and oxygen atoms in total. The summed E-state index contributed by atoms with van der Waals surface area (Å²) in [5.74, 6) is 2.08. The summed E-state index contributed by atoms with van der Waals surface area (Å²) in [7, 11) is 2.04. The van der Waals surface area contributed by atoms with Crippen molar-refractivity contribution in [2.75, 3.05) is 39.8 Å². The van der Waals surface area contributed by atoms with Gasteiger partial charge in [-0.25, -0.2) is 0 Å². The number of nitrogens with one attached hydrogen (secondary N) is 1. The van der Waals surface area contributed by atoms with Gasteiger partial charge in [0.15, 0.2) is 5.96 Å². The fraction of sp³-hybridized carbons (Fsp3) is 0.600. The molecule has 1 N–H and O–H groups in total. The molecule has 0 radical (unpaired) electrons. The highest BCUT2D eigenvalue weighted by molar-refractivity contribution is 14.0. The lowest BCUT2D eigenvalue weighted by molar-refractivity contribution is -0.127. The number of benzene rings is 1.